The van der Waals surface area contributed by atoms with E-state index in [-0.39, 0.29) is 28.4 Å². The Balaban J connectivity index is 2.55. The standard InChI is InChI=1S/C15H10ClFN2O4/c16-8-14(20)18-13-6-5-9(19(22)23)7-11(13)15(21)10-3-1-2-4-12(10)17/h1-7H,8H2,(H,18,20)/i5+1,6+1,7+1,9+1,11+1,13+1. The van der Waals surface area contributed by atoms with Crippen molar-refractivity contribution in [2.24, 2.45) is 0 Å². The summed E-state index contributed by atoms with van der Waals surface area (Å²) in [7, 11) is 0. The van der Waals surface area contributed by atoms with Crippen LogP contribution in [0.5, 0.6) is 0 Å². The number of nitro benzene ring substituents is 1. The lowest BCUT2D eigenvalue weighted by Crippen LogP contribution is -2.16. The number of ketones is 1. The molecule has 0 heterocycles. The van der Waals surface area contributed by atoms with Gasteiger partial charge in [0.25, 0.3) is 5.69 Å². The molecule has 0 atom stereocenters. The van der Waals surface area contributed by atoms with Crippen molar-refractivity contribution >= 4 is 34.7 Å². The van der Waals surface area contributed by atoms with Crippen LogP contribution in [0.15, 0.2) is 42.5 Å². The van der Waals surface area contributed by atoms with Crippen LogP contribution in [0.2, 0.25) is 0 Å². The third-order valence-corrected chi connectivity index (χ3v) is 3.22. The smallest absolute Gasteiger partial charge is 0.270 e. The van der Waals surface area contributed by atoms with E-state index in [2.05, 4.69) is 5.32 Å². The predicted octanol–water partition coefficient (Wildman–Crippen LogP) is 3.14. The van der Waals surface area contributed by atoms with E-state index < -0.39 is 22.4 Å². The summed E-state index contributed by atoms with van der Waals surface area (Å²) in [5.41, 5.74) is -0.778. The lowest BCUT2D eigenvalue weighted by atomic mass is 10.2. The van der Waals surface area contributed by atoms with E-state index >= 15 is 0 Å². The first-order valence-electron chi connectivity index (χ1n) is 6.37. The average Bonchev–Trinajstić information content (AvgIpc) is 2.54. The number of carbonyl (C=O) groups is 2. The molecular formula is C15H10ClFN2O4. The van der Waals surface area contributed by atoms with Crippen molar-refractivity contribution in [2.75, 3.05) is 11.2 Å². The largest absolute Gasteiger partial charge is 0.324 e. The summed E-state index contributed by atoms with van der Waals surface area (Å²) in [5, 5.41) is 13.2. The maximum Gasteiger partial charge on any atom is 0.270 e. The summed E-state index contributed by atoms with van der Waals surface area (Å²) in [4.78, 5) is 34.1. The fraction of sp³-hybridized carbons (Fsp3) is 0.0667. The van der Waals surface area contributed by atoms with Crippen LogP contribution in [-0.4, -0.2) is 22.5 Å². The minimum Gasteiger partial charge on any atom is -0.324 e. The summed E-state index contributed by atoms with van der Waals surface area (Å²) < 4.78 is 13.8. The fourth-order valence-corrected chi connectivity index (χ4v) is 1.98. The maximum atomic E-state index is 13.8. The molecule has 0 aromatic heterocycles. The number of hydrogen-bond acceptors (Lipinski definition) is 4. The van der Waals surface area contributed by atoms with Gasteiger partial charge in [0, 0.05) is 12.1 Å². The number of hydrogen-bond donors (Lipinski definition) is 1. The molecule has 0 aliphatic rings. The lowest BCUT2D eigenvalue weighted by Gasteiger charge is -2.10. The van der Waals surface area contributed by atoms with Crippen LogP contribution in [-0.2, 0) is 4.79 Å². The summed E-state index contributed by atoms with van der Waals surface area (Å²) in [6.07, 6.45) is 0. The quantitative estimate of drug-likeness (QED) is 0.391. The Labute approximate surface area is 135 Å². The third-order valence-electron chi connectivity index (χ3n) is 2.97. The number of anilines is 1. The first kappa shape index (κ1) is 16.6. The average molecular weight is 343 g/mol. The van der Waals surface area contributed by atoms with Crippen LogP contribution < -0.4 is 5.32 Å². The van der Waals surface area contributed by atoms with Gasteiger partial charge in [-0.15, -0.1) is 11.6 Å². The summed E-state index contributed by atoms with van der Waals surface area (Å²) in [6.45, 7) is 0. The van der Waals surface area contributed by atoms with E-state index in [1.165, 1.54) is 24.3 Å². The number of carbonyl (C=O) groups excluding carboxylic acids is 2. The SMILES string of the molecule is O=C(CCl)N[13c]1[13cH][13cH][13c]([N+](=O)[O-])[13cH][13c]1C(=O)c1ccccc1F. The Morgan fingerprint density at radius 2 is 1.87 bits per heavy atom. The van der Waals surface area contributed by atoms with Crippen LogP contribution in [0, 0.1) is 15.9 Å². The van der Waals surface area contributed by atoms with E-state index in [9.17, 15) is 24.1 Å². The zero-order valence-corrected chi connectivity index (χ0v) is 12.3. The minimum absolute atomic E-state index is 0.0227. The van der Waals surface area contributed by atoms with Gasteiger partial charge in [-0.05, 0) is 18.2 Å². The predicted molar refractivity (Wildman–Crippen MR) is 82.3 cm³/mol. The van der Waals surface area contributed by atoms with Crippen molar-refractivity contribution in [1.82, 2.24) is 0 Å². The van der Waals surface area contributed by atoms with E-state index in [1.54, 1.807) is 0 Å². The number of alkyl halides is 1. The van der Waals surface area contributed by atoms with Gasteiger partial charge in [-0.25, -0.2) is 4.39 Å². The molecule has 1 amide bonds. The van der Waals surface area contributed by atoms with Gasteiger partial charge in [-0.2, -0.15) is 0 Å². The molecule has 6 nitrogen and oxygen atoms in total. The highest BCUT2D eigenvalue weighted by atomic mass is 35.5. The van der Waals surface area contributed by atoms with Gasteiger partial charge in [0.15, 0.2) is 5.78 Å². The van der Waals surface area contributed by atoms with Crippen molar-refractivity contribution in [3.05, 3.63) is 69.5 Å². The van der Waals surface area contributed by atoms with Crippen molar-refractivity contribution in [3.63, 3.8) is 0 Å². The first-order chi connectivity index (χ1) is 10.9. The summed E-state index contributed by atoms with van der Waals surface area (Å²) >= 11 is 5.39. The highest BCUT2D eigenvalue weighted by Gasteiger charge is 2.21. The van der Waals surface area contributed by atoms with Crippen molar-refractivity contribution in [2.45, 2.75) is 0 Å². The molecule has 0 unspecified atom stereocenters. The zero-order chi connectivity index (χ0) is 17.0. The van der Waals surface area contributed by atoms with Gasteiger partial charge < -0.3 is 5.32 Å². The van der Waals surface area contributed by atoms with E-state index in [0.717, 1.165) is 18.2 Å². The van der Waals surface area contributed by atoms with Crippen molar-refractivity contribution < 1.29 is 18.9 Å². The zero-order valence-electron chi connectivity index (χ0n) is 11.6. The Hall–Kier alpha value is -2.80. The molecule has 23 heavy (non-hydrogen) atoms. The third kappa shape index (κ3) is 3.70. The monoisotopic (exact) mass is 342 g/mol. The number of nitrogens with one attached hydrogen (secondary N) is 1. The molecular weight excluding hydrogens is 333 g/mol. The van der Waals surface area contributed by atoms with Gasteiger partial charge in [-0.3, -0.25) is 19.7 Å². The van der Waals surface area contributed by atoms with Crippen LogP contribution in [0.3, 0.4) is 0 Å². The van der Waals surface area contributed by atoms with Crippen molar-refractivity contribution in [3.8, 4) is 0 Å². The molecule has 0 spiro atoms. The number of amides is 1. The number of nitro groups is 1. The molecule has 2 rings (SSSR count). The van der Waals surface area contributed by atoms with Gasteiger partial charge in [0.1, 0.15) is 11.7 Å². The van der Waals surface area contributed by atoms with Crippen LogP contribution in [0.4, 0.5) is 15.8 Å². The Kier molecular flexibility index (Phi) is 5.02. The van der Waals surface area contributed by atoms with E-state index in [1.807, 2.05) is 0 Å². The molecule has 0 saturated heterocycles. The second-order valence-corrected chi connectivity index (χ2v) is 4.75. The highest BCUT2D eigenvalue weighted by molar-refractivity contribution is 6.29. The van der Waals surface area contributed by atoms with Crippen LogP contribution >= 0.6 is 11.6 Å². The highest BCUT2D eigenvalue weighted by Crippen LogP contribution is 2.25. The number of nitrogens with zero attached hydrogens (tertiary/aromatic N) is 1. The lowest BCUT2D eigenvalue weighted by molar-refractivity contribution is -0.384. The number of benzene rings is 2. The number of rotatable bonds is 5. The molecule has 2 aromatic carbocycles. The van der Waals surface area contributed by atoms with E-state index in [0.29, 0.717) is 0 Å². The number of halogens is 2. The molecule has 8 heteroatoms. The molecule has 0 aliphatic carbocycles. The second-order valence-electron chi connectivity index (χ2n) is 4.48. The Bertz CT molecular complexity index is 795. The second kappa shape index (κ2) is 6.97. The molecule has 118 valence electrons. The van der Waals surface area contributed by atoms with Crippen molar-refractivity contribution in [1.29, 1.82) is 0 Å². The van der Waals surface area contributed by atoms with Gasteiger partial charge in [-0.1, -0.05) is 12.1 Å². The fourth-order valence-electron chi connectivity index (χ4n) is 1.92. The topological polar surface area (TPSA) is 89.3 Å². The van der Waals surface area contributed by atoms with Gasteiger partial charge in [0.05, 0.1) is 21.7 Å². The molecule has 0 fully saturated rings. The Morgan fingerprint density at radius 3 is 2.48 bits per heavy atom. The minimum atomic E-state index is -0.781. The first-order valence-corrected chi connectivity index (χ1v) is 6.91. The molecule has 2 aromatic rings. The van der Waals surface area contributed by atoms with Gasteiger partial charge in [0.2, 0.25) is 5.91 Å². The number of non-ortho nitro benzene ring substituents is 1. The van der Waals surface area contributed by atoms with Crippen LogP contribution in [0.1, 0.15) is 15.9 Å². The molecule has 1 N–H and O–H groups in total. The van der Waals surface area contributed by atoms with Gasteiger partial charge >= 0.3 is 0 Å². The molecule has 0 bridgehead atoms. The molecule has 0 radical (unpaired) electrons. The maximum absolute atomic E-state index is 13.8. The van der Waals surface area contributed by atoms with E-state index in [4.69, 9.17) is 11.6 Å². The summed E-state index contributed by atoms with van der Waals surface area (Å²) in [6, 6.07) is 8.54. The normalized spacial score (nSPS) is 10.2. The molecule has 0 aliphatic heterocycles. The van der Waals surface area contributed by atoms with Crippen LogP contribution in [0.25, 0.3) is 0 Å². The Morgan fingerprint density at radius 1 is 1.17 bits per heavy atom. The molecule has 0 saturated carbocycles. The summed E-state index contributed by atoms with van der Waals surface area (Å²) in [5.74, 6) is -2.50.